The lowest BCUT2D eigenvalue weighted by Gasteiger charge is -2.28. The summed E-state index contributed by atoms with van der Waals surface area (Å²) in [5.41, 5.74) is 3.34. The summed E-state index contributed by atoms with van der Waals surface area (Å²) in [6.07, 6.45) is 0.939. The average molecular weight is 142 g/mol. The molecule has 2 saturated heterocycles. The maximum absolute atomic E-state index is 3.41. The topological polar surface area (TPSA) is 39.3 Å². The maximum atomic E-state index is 3.41. The Hall–Kier alpha value is -0.160. The normalized spacial score (nSPS) is 41.7. The highest BCUT2D eigenvalue weighted by Crippen LogP contribution is 2.03. The molecule has 4 heteroatoms. The first-order valence-corrected chi connectivity index (χ1v) is 3.86. The highest BCUT2D eigenvalue weighted by atomic mass is 15.7. The van der Waals surface area contributed by atoms with Crippen LogP contribution in [-0.4, -0.2) is 37.0 Å². The van der Waals surface area contributed by atoms with Crippen LogP contribution in [0.15, 0.2) is 0 Å². The standard InChI is InChI=1S/C6H14N4/c1-5-8-6-4-7-2-3-10(6)9-5/h5-9H,2-4H2,1H3/t5-,6?/m1/s1. The molecule has 0 aromatic rings. The second kappa shape index (κ2) is 2.47. The van der Waals surface area contributed by atoms with E-state index in [0.29, 0.717) is 12.3 Å². The minimum Gasteiger partial charge on any atom is -0.312 e. The van der Waals surface area contributed by atoms with Gasteiger partial charge in [0, 0.05) is 19.6 Å². The Labute approximate surface area is 60.9 Å². The van der Waals surface area contributed by atoms with Gasteiger partial charge in [0.25, 0.3) is 0 Å². The van der Waals surface area contributed by atoms with E-state index in [2.05, 4.69) is 28.0 Å². The van der Waals surface area contributed by atoms with E-state index < -0.39 is 0 Å². The molecule has 0 aromatic carbocycles. The molecule has 0 amide bonds. The van der Waals surface area contributed by atoms with Crippen molar-refractivity contribution in [2.75, 3.05) is 19.6 Å². The summed E-state index contributed by atoms with van der Waals surface area (Å²) in [5.74, 6) is 0. The first-order valence-electron chi connectivity index (χ1n) is 3.86. The van der Waals surface area contributed by atoms with Gasteiger partial charge in [0.15, 0.2) is 0 Å². The summed E-state index contributed by atoms with van der Waals surface area (Å²) in [7, 11) is 0. The molecule has 0 radical (unpaired) electrons. The van der Waals surface area contributed by atoms with Crippen LogP contribution in [0.4, 0.5) is 0 Å². The molecule has 0 spiro atoms. The van der Waals surface area contributed by atoms with Crippen LogP contribution in [0, 0.1) is 0 Å². The van der Waals surface area contributed by atoms with Crippen LogP contribution >= 0.6 is 0 Å². The molecule has 0 aromatic heterocycles. The van der Waals surface area contributed by atoms with Gasteiger partial charge in [-0.1, -0.05) is 0 Å². The van der Waals surface area contributed by atoms with Gasteiger partial charge < -0.3 is 5.32 Å². The zero-order valence-corrected chi connectivity index (χ0v) is 6.22. The number of nitrogens with zero attached hydrogens (tertiary/aromatic N) is 1. The van der Waals surface area contributed by atoms with E-state index >= 15 is 0 Å². The lowest BCUT2D eigenvalue weighted by atomic mass is 10.3. The molecule has 0 bridgehead atoms. The molecule has 2 aliphatic heterocycles. The summed E-state index contributed by atoms with van der Waals surface area (Å²) in [6.45, 7) is 5.38. The fraction of sp³-hybridized carbons (Fsp3) is 1.00. The number of rotatable bonds is 0. The number of fused-ring (bicyclic) bond motifs is 1. The third kappa shape index (κ3) is 1.03. The Bertz CT molecular complexity index is 113. The molecule has 2 atom stereocenters. The van der Waals surface area contributed by atoms with Gasteiger partial charge in [-0.05, 0) is 6.92 Å². The van der Waals surface area contributed by atoms with Gasteiger partial charge in [-0.2, -0.15) is 0 Å². The van der Waals surface area contributed by atoms with Crippen molar-refractivity contribution in [3.8, 4) is 0 Å². The zero-order valence-electron chi connectivity index (χ0n) is 6.22. The van der Waals surface area contributed by atoms with Crippen molar-refractivity contribution in [2.24, 2.45) is 0 Å². The van der Waals surface area contributed by atoms with Crippen LogP contribution in [-0.2, 0) is 0 Å². The zero-order chi connectivity index (χ0) is 6.97. The van der Waals surface area contributed by atoms with Gasteiger partial charge in [-0.15, -0.1) is 0 Å². The summed E-state index contributed by atoms with van der Waals surface area (Å²) < 4.78 is 0. The molecule has 2 heterocycles. The minimum absolute atomic E-state index is 0.435. The predicted octanol–water partition coefficient (Wildman–Crippen LogP) is -1.33. The molecule has 2 rings (SSSR count). The Kier molecular flexibility index (Phi) is 1.61. The molecular weight excluding hydrogens is 128 g/mol. The fourth-order valence-electron chi connectivity index (χ4n) is 1.58. The first kappa shape index (κ1) is 6.54. The second-order valence-electron chi connectivity index (χ2n) is 2.93. The first-order chi connectivity index (χ1) is 4.86. The SMILES string of the molecule is C[C@@H]1NC2CNCCN2N1. The number of hydrogen-bond acceptors (Lipinski definition) is 4. The summed E-state index contributed by atoms with van der Waals surface area (Å²) >= 11 is 0. The molecule has 0 saturated carbocycles. The number of hydrazine groups is 1. The Balaban J connectivity index is 1.97. The minimum atomic E-state index is 0.435. The van der Waals surface area contributed by atoms with Crippen LogP contribution in [0.1, 0.15) is 6.92 Å². The van der Waals surface area contributed by atoms with Gasteiger partial charge in [-0.25, -0.2) is 10.4 Å². The van der Waals surface area contributed by atoms with Crippen molar-refractivity contribution in [3.63, 3.8) is 0 Å². The highest BCUT2D eigenvalue weighted by molar-refractivity contribution is 4.82. The smallest absolute Gasteiger partial charge is 0.0872 e. The number of hydrogen-bond donors (Lipinski definition) is 3. The molecule has 2 fully saturated rings. The lowest BCUT2D eigenvalue weighted by Crippen LogP contribution is -2.53. The highest BCUT2D eigenvalue weighted by Gasteiger charge is 2.29. The Morgan fingerprint density at radius 1 is 1.50 bits per heavy atom. The predicted molar refractivity (Wildman–Crippen MR) is 39.1 cm³/mol. The van der Waals surface area contributed by atoms with E-state index in [9.17, 15) is 0 Å². The lowest BCUT2D eigenvalue weighted by molar-refractivity contribution is 0.145. The van der Waals surface area contributed by atoms with Crippen molar-refractivity contribution < 1.29 is 0 Å². The number of piperazine rings is 1. The maximum Gasteiger partial charge on any atom is 0.0872 e. The third-order valence-corrected chi connectivity index (χ3v) is 2.05. The van der Waals surface area contributed by atoms with Gasteiger partial charge in [0.1, 0.15) is 0 Å². The van der Waals surface area contributed by atoms with E-state index in [1.165, 1.54) is 0 Å². The van der Waals surface area contributed by atoms with Gasteiger partial charge in [0.2, 0.25) is 0 Å². The van der Waals surface area contributed by atoms with Gasteiger partial charge >= 0.3 is 0 Å². The monoisotopic (exact) mass is 142 g/mol. The Morgan fingerprint density at radius 2 is 2.40 bits per heavy atom. The van der Waals surface area contributed by atoms with E-state index in [0.717, 1.165) is 19.6 Å². The molecule has 10 heavy (non-hydrogen) atoms. The molecule has 1 unspecified atom stereocenters. The van der Waals surface area contributed by atoms with Gasteiger partial charge in [-0.3, -0.25) is 5.32 Å². The molecule has 58 valence electrons. The summed E-state index contributed by atoms with van der Waals surface area (Å²) in [6, 6.07) is 0. The Morgan fingerprint density at radius 3 is 3.20 bits per heavy atom. The number of nitrogens with one attached hydrogen (secondary N) is 3. The van der Waals surface area contributed by atoms with E-state index in [1.54, 1.807) is 0 Å². The second-order valence-corrected chi connectivity index (χ2v) is 2.93. The van der Waals surface area contributed by atoms with Crippen LogP contribution in [0.25, 0.3) is 0 Å². The molecule has 3 N–H and O–H groups in total. The molecular formula is C6H14N4. The van der Waals surface area contributed by atoms with Crippen LogP contribution < -0.4 is 16.1 Å². The largest absolute Gasteiger partial charge is 0.312 e. The van der Waals surface area contributed by atoms with Crippen molar-refractivity contribution in [1.29, 1.82) is 0 Å². The van der Waals surface area contributed by atoms with Crippen LogP contribution in [0.5, 0.6) is 0 Å². The molecule has 0 aliphatic carbocycles. The van der Waals surface area contributed by atoms with Crippen molar-refractivity contribution >= 4 is 0 Å². The summed E-state index contributed by atoms with van der Waals surface area (Å²) in [4.78, 5) is 0. The van der Waals surface area contributed by atoms with Crippen molar-refractivity contribution in [3.05, 3.63) is 0 Å². The van der Waals surface area contributed by atoms with E-state index in [-0.39, 0.29) is 0 Å². The van der Waals surface area contributed by atoms with E-state index in [1.807, 2.05) is 0 Å². The molecule has 2 aliphatic rings. The molecule has 4 nitrogen and oxygen atoms in total. The van der Waals surface area contributed by atoms with Crippen molar-refractivity contribution in [1.82, 2.24) is 21.1 Å². The van der Waals surface area contributed by atoms with E-state index in [4.69, 9.17) is 0 Å². The van der Waals surface area contributed by atoms with Gasteiger partial charge in [0.05, 0.1) is 12.3 Å². The third-order valence-electron chi connectivity index (χ3n) is 2.05. The quantitative estimate of drug-likeness (QED) is 0.392. The summed E-state index contributed by atoms with van der Waals surface area (Å²) in [5, 5.41) is 9.01. The van der Waals surface area contributed by atoms with Crippen molar-refractivity contribution in [2.45, 2.75) is 19.3 Å². The fourth-order valence-corrected chi connectivity index (χ4v) is 1.58. The average Bonchev–Trinajstić information content (AvgIpc) is 2.27. The van der Waals surface area contributed by atoms with Crippen LogP contribution in [0.2, 0.25) is 0 Å². The van der Waals surface area contributed by atoms with Crippen LogP contribution in [0.3, 0.4) is 0 Å².